The van der Waals surface area contributed by atoms with Gasteiger partial charge < -0.3 is 24.8 Å². The van der Waals surface area contributed by atoms with Crippen molar-refractivity contribution >= 4 is 29.7 Å². The van der Waals surface area contributed by atoms with Gasteiger partial charge in [0, 0.05) is 37.6 Å². The maximum atomic E-state index is 12.6. The quantitative estimate of drug-likeness (QED) is 0.456. The number of amides is 1. The maximum Gasteiger partial charge on any atom is 0.410 e. The van der Waals surface area contributed by atoms with Crippen molar-refractivity contribution in [2.75, 3.05) is 30.3 Å². The highest BCUT2D eigenvalue weighted by Crippen LogP contribution is 2.27. The molecule has 0 bridgehead atoms. The number of likely N-dealkylation sites (tertiary alicyclic amines) is 1. The van der Waals surface area contributed by atoms with Crippen LogP contribution in [0.3, 0.4) is 0 Å². The van der Waals surface area contributed by atoms with Gasteiger partial charge in [-0.3, -0.25) is 4.79 Å². The number of aromatic nitrogens is 4. The molecule has 0 radical (unpaired) electrons. The monoisotopic (exact) mass is 502 g/mol. The Morgan fingerprint density at radius 2 is 2.11 bits per heavy atom. The number of pyridine rings is 1. The number of aldehydes is 1. The van der Waals surface area contributed by atoms with Gasteiger partial charge in [0.25, 0.3) is 0 Å². The van der Waals surface area contributed by atoms with E-state index in [1.165, 1.54) is 12.4 Å². The molecule has 1 aliphatic heterocycles. The molecule has 11 nitrogen and oxygen atoms in total. The number of nitrogens with one attached hydrogen (secondary N) is 2. The summed E-state index contributed by atoms with van der Waals surface area (Å²) >= 11 is 0. The molecule has 1 unspecified atom stereocenters. The highest BCUT2D eigenvalue weighted by Gasteiger charge is 2.27. The van der Waals surface area contributed by atoms with Crippen LogP contribution < -0.4 is 10.6 Å². The van der Waals surface area contributed by atoms with Gasteiger partial charge in [0.05, 0.1) is 30.0 Å². The summed E-state index contributed by atoms with van der Waals surface area (Å²) in [6.45, 7) is 7.48. The minimum Gasteiger partial charge on any atom is -0.444 e. The van der Waals surface area contributed by atoms with Gasteiger partial charge in [-0.1, -0.05) is 0 Å². The molecule has 0 aliphatic carbocycles. The third-order valence-electron chi connectivity index (χ3n) is 5.79. The molecule has 192 valence electrons. The Balaban J connectivity index is 1.52. The molecule has 1 atom stereocenters. The molecule has 37 heavy (non-hydrogen) atoms. The lowest BCUT2D eigenvalue weighted by molar-refractivity contribution is 0.0172. The van der Waals surface area contributed by atoms with Crippen molar-refractivity contribution in [1.82, 2.24) is 24.4 Å². The van der Waals surface area contributed by atoms with E-state index < -0.39 is 5.60 Å². The van der Waals surface area contributed by atoms with Crippen molar-refractivity contribution < 1.29 is 14.3 Å². The number of rotatable bonds is 7. The van der Waals surface area contributed by atoms with Gasteiger partial charge in [0.15, 0.2) is 17.8 Å². The predicted molar refractivity (Wildman–Crippen MR) is 138 cm³/mol. The summed E-state index contributed by atoms with van der Waals surface area (Å²) in [5, 5.41) is 15.6. The maximum absolute atomic E-state index is 12.6. The third kappa shape index (κ3) is 6.82. The summed E-state index contributed by atoms with van der Waals surface area (Å²) in [6, 6.07) is 5.60. The highest BCUT2D eigenvalue weighted by molar-refractivity contribution is 5.75. The summed E-state index contributed by atoms with van der Waals surface area (Å²) < 4.78 is 7.37. The van der Waals surface area contributed by atoms with E-state index in [0.29, 0.717) is 36.8 Å². The number of hydrogen-bond acceptors (Lipinski definition) is 9. The lowest BCUT2D eigenvalue weighted by atomic mass is 9.98. The summed E-state index contributed by atoms with van der Waals surface area (Å²) in [4.78, 5) is 38.3. The number of piperidine rings is 1. The van der Waals surface area contributed by atoms with E-state index in [2.05, 4.69) is 25.6 Å². The van der Waals surface area contributed by atoms with Gasteiger partial charge in [-0.05, 0) is 51.7 Å². The van der Waals surface area contributed by atoms with Crippen molar-refractivity contribution in [1.29, 1.82) is 5.26 Å². The van der Waals surface area contributed by atoms with Crippen LogP contribution in [0.25, 0.3) is 5.69 Å². The van der Waals surface area contributed by atoms with E-state index >= 15 is 0 Å². The average molecular weight is 503 g/mol. The Morgan fingerprint density at radius 3 is 2.78 bits per heavy atom. The Bertz CT molecular complexity index is 1290. The zero-order valence-electron chi connectivity index (χ0n) is 21.1. The van der Waals surface area contributed by atoms with Crippen molar-refractivity contribution in [2.24, 2.45) is 5.92 Å². The van der Waals surface area contributed by atoms with Gasteiger partial charge in [0.1, 0.15) is 17.5 Å². The molecule has 11 heteroatoms. The topological polar surface area (TPSA) is 138 Å². The van der Waals surface area contributed by atoms with Crippen LogP contribution in [0.1, 0.15) is 49.7 Å². The predicted octanol–water partition coefficient (Wildman–Crippen LogP) is 4.15. The van der Waals surface area contributed by atoms with E-state index in [4.69, 9.17) is 10.00 Å². The number of anilines is 3. The van der Waals surface area contributed by atoms with Gasteiger partial charge >= 0.3 is 6.09 Å². The fourth-order valence-corrected chi connectivity index (χ4v) is 4.02. The van der Waals surface area contributed by atoms with Crippen LogP contribution >= 0.6 is 0 Å². The Kier molecular flexibility index (Phi) is 7.67. The second-order valence-electron chi connectivity index (χ2n) is 9.90. The first kappa shape index (κ1) is 25.6. The van der Waals surface area contributed by atoms with Gasteiger partial charge in [-0.15, -0.1) is 0 Å². The van der Waals surface area contributed by atoms with Crippen molar-refractivity contribution in [3.05, 3.63) is 54.4 Å². The SMILES string of the molecule is CC(C)(C)OC(=O)N1CCCC(CNc2cc(-n3ccc(C=O)c3)cnc2Nc2cnc(C#N)cn2)C1. The number of ether oxygens (including phenoxy) is 1. The number of carbonyl (C=O) groups excluding carboxylic acids is 2. The lowest BCUT2D eigenvalue weighted by Crippen LogP contribution is -2.44. The third-order valence-corrected chi connectivity index (χ3v) is 5.79. The molecule has 4 heterocycles. The summed E-state index contributed by atoms with van der Waals surface area (Å²) in [5.74, 6) is 1.20. The lowest BCUT2D eigenvalue weighted by Gasteiger charge is -2.34. The molecule has 0 aromatic carbocycles. The first-order valence-corrected chi connectivity index (χ1v) is 12.1. The number of nitrogens with zero attached hydrogens (tertiary/aromatic N) is 6. The molecule has 3 aromatic rings. The Labute approximate surface area is 215 Å². The molecular formula is C26H30N8O3. The first-order chi connectivity index (χ1) is 17.7. The van der Waals surface area contributed by atoms with Crippen LogP contribution in [0.5, 0.6) is 0 Å². The second-order valence-corrected chi connectivity index (χ2v) is 9.90. The van der Waals surface area contributed by atoms with Crippen LogP contribution in [0.4, 0.5) is 22.1 Å². The molecule has 1 fully saturated rings. The van der Waals surface area contributed by atoms with Crippen molar-refractivity contribution in [2.45, 2.75) is 39.2 Å². The normalized spacial score (nSPS) is 15.5. The van der Waals surface area contributed by atoms with Gasteiger partial charge in [0.2, 0.25) is 0 Å². The zero-order chi connectivity index (χ0) is 26.4. The molecule has 3 aromatic heterocycles. The van der Waals surface area contributed by atoms with Gasteiger partial charge in [-0.2, -0.15) is 5.26 Å². The standard InChI is InChI=1S/C26H30N8O3/c1-26(2,3)37-25(36)34-7-4-5-18(15-34)11-29-22-9-21(33-8-6-19(16-33)17-35)13-31-24(22)32-23-14-28-20(10-27)12-30-23/h6,8-9,12-14,16-18,29H,4-5,7,11,15H2,1-3H3,(H,30,31,32). The summed E-state index contributed by atoms with van der Waals surface area (Å²) in [6.07, 6.45) is 10.4. The molecule has 2 N–H and O–H groups in total. The van der Waals surface area contributed by atoms with E-state index in [0.717, 1.165) is 30.5 Å². The van der Waals surface area contributed by atoms with E-state index in [-0.39, 0.29) is 17.7 Å². The number of hydrogen-bond donors (Lipinski definition) is 2. The Hall–Kier alpha value is -4.46. The largest absolute Gasteiger partial charge is 0.444 e. The minimum atomic E-state index is -0.536. The molecule has 0 saturated carbocycles. The molecule has 1 saturated heterocycles. The number of nitriles is 1. The summed E-state index contributed by atoms with van der Waals surface area (Å²) in [5.41, 5.74) is 1.74. The van der Waals surface area contributed by atoms with Crippen molar-refractivity contribution in [3.63, 3.8) is 0 Å². The van der Waals surface area contributed by atoms with Crippen LogP contribution in [-0.2, 0) is 4.74 Å². The fraction of sp³-hybridized carbons (Fsp3) is 0.385. The summed E-state index contributed by atoms with van der Waals surface area (Å²) in [7, 11) is 0. The van der Waals surface area contributed by atoms with Crippen LogP contribution in [0.15, 0.2) is 43.1 Å². The molecule has 4 rings (SSSR count). The van der Waals surface area contributed by atoms with E-state index in [9.17, 15) is 9.59 Å². The fourth-order valence-electron chi connectivity index (χ4n) is 4.02. The van der Waals surface area contributed by atoms with Crippen LogP contribution in [0, 0.1) is 17.2 Å². The van der Waals surface area contributed by atoms with Crippen molar-refractivity contribution in [3.8, 4) is 11.8 Å². The molecule has 1 amide bonds. The van der Waals surface area contributed by atoms with E-state index in [1.807, 2.05) is 37.5 Å². The molecule has 1 aliphatic rings. The smallest absolute Gasteiger partial charge is 0.410 e. The van der Waals surface area contributed by atoms with Crippen LogP contribution in [0.2, 0.25) is 0 Å². The first-order valence-electron chi connectivity index (χ1n) is 12.1. The molecular weight excluding hydrogens is 472 g/mol. The number of carbonyl (C=O) groups is 2. The van der Waals surface area contributed by atoms with Crippen LogP contribution in [-0.4, -0.2) is 62.0 Å². The highest BCUT2D eigenvalue weighted by atomic mass is 16.6. The van der Waals surface area contributed by atoms with E-state index in [1.54, 1.807) is 29.6 Å². The zero-order valence-corrected chi connectivity index (χ0v) is 21.1. The Morgan fingerprint density at radius 1 is 1.27 bits per heavy atom. The van der Waals surface area contributed by atoms with Gasteiger partial charge in [-0.25, -0.2) is 19.7 Å². The second kappa shape index (κ2) is 11.1. The molecule has 0 spiro atoms. The minimum absolute atomic E-state index is 0.220. The average Bonchev–Trinajstić information content (AvgIpc) is 3.37.